The van der Waals surface area contributed by atoms with Gasteiger partial charge in [-0.25, -0.2) is 0 Å². The molecule has 0 radical (unpaired) electrons. The van der Waals surface area contributed by atoms with Crippen LogP contribution in [0.5, 0.6) is 5.75 Å². The maximum Gasteiger partial charge on any atom is 0.248 e. The first kappa shape index (κ1) is 15.3. The monoisotopic (exact) mass is 291 g/mol. The molecule has 0 spiro atoms. The smallest absolute Gasteiger partial charge is 0.248 e. The predicted octanol–water partition coefficient (Wildman–Crippen LogP) is 0.376. The molecule has 2 rings (SSSR count). The SMILES string of the molecule is NC(=O)c1ccc(OCCCN2CCCNC(=O)C2)cc1. The topological polar surface area (TPSA) is 84.7 Å². The van der Waals surface area contributed by atoms with Gasteiger partial charge in [0, 0.05) is 25.2 Å². The molecule has 6 heteroatoms. The van der Waals surface area contributed by atoms with Crippen molar-refractivity contribution in [3.63, 3.8) is 0 Å². The summed E-state index contributed by atoms with van der Waals surface area (Å²) < 4.78 is 5.61. The first-order valence-electron chi connectivity index (χ1n) is 7.17. The van der Waals surface area contributed by atoms with Crippen molar-refractivity contribution >= 4 is 11.8 Å². The number of hydrogen-bond donors (Lipinski definition) is 2. The zero-order valence-electron chi connectivity index (χ0n) is 12.0. The molecule has 0 saturated carbocycles. The first-order valence-corrected chi connectivity index (χ1v) is 7.17. The van der Waals surface area contributed by atoms with E-state index in [2.05, 4.69) is 10.2 Å². The van der Waals surface area contributed by atoms with Gasteiger partial charge in [0.2, 0.25) is 11.8 Å². The zero-order valence-corrected chi connectivity index (χ0v) is 12.0. The highest BCUT2D eigenvalue weighted by molar-refractivity contribution is 5.92. The van der Waals surface area contributed by atoms with Gasteiger partial charge < -0.3 is 15.8 Å². The van der Waals surface area contributed by atoms with Crippen molar-refractivity contribution in [2.24, 2.45) is 5.73 Å². The third kappa shape index (κ3) is 5.07. The van der Waals surface area contributed by atoms with Crippen LogP contribution in [0.4, 0.5) is 0 Å². The fourth-order valence-electron chi connectivity index (χ4n) is 2.25. The Labute approximate surface area is 124 Å². The fraction of sp³-hybridized carbons (Fsp3) is 0.467. The summed E-state index contributed by atoms with van der Waals surface area (Å²) in [7, 11) is 0. The molecule has 114 valence electrons. The second kappa shape index (κ2) is 7.64. The molecule has 0 bridgehead atoms. The Kier molecular flexibility index (Phi) is 5.57. The van der Waals surface area contributed by atoms with Crippen LogP contribution in [-0.2, 0) is 4.79 Å². The predicted molar refractivity (Wildman–Crippen MR) is 79.1 cm³/mol. The fourth-order valence-corrected chi connectivity index (χ4v) is 2.25. The van der Waals surface area contributed by atoms with E-state index in [1.807, 2.05) is 0 Å². The Bertz CT molecular complexity index is 487. The van der Waals surface area contributed by atoms with Crippen molar-refractivity contribution in [1.29, 1.82) is 0 Å². The molecule has 1 heterocycles. The summed E-state index contributed by atoms with van der Waals surface area (Å²) in [5, 5.41) is 2.86. The van der Waals surface area contributed by atoms with E-state index in [9.17, 15) is 9.59 Å². The van der Waals surface area contributed by atoms with Gasteiger partial charge in [0.15, 0.2) is 0 Å². The van der Waals surface area contributed by atoms with Crippen molar-refractivity contribution in [1.82, 2.24) is 10.2 Å². The standard InChI is InChI=1S/C15H21N3O3/c16-15(20)12-3-5-13(6-4-12)21-10-2-9-18-8-1-7-17-14(19)11-18/h3-6H,1-2,7-11H2,(H2,16,20)(H,17,19). The van der Waals surface area contributed by atoms with Gasteiger partial charge >= 0.3 is 0 Å². The largest absolute Gasteiger partial charge is 0.494 e. The highest BCUT2D eigenvalue weighted by Gasteiger charge is 2.13. The van der Waals surface area contributed by atoms with Gasteiger partial charge in [-0.15, -0.1) is 0 Å². The quantitative estimate of drug-likeness (QED) is 0.742. The molecular weight excluding hydrogens is 270 g/mol. The molecule has 6 nitrogen and oxygen atoms in total. The van der Waals surface area contributed by atoms with Crippen LogP contribution in [0.3, 0.4) is 0 Å². The summed E-state index contributed by atoms with van der Waals surface area (Å²) in [4.78, 5) is 24.5. The Morgan fingerprint density at radius 1 is 1.33 bits per heavy atom. The maximum atomic E-state index is 11.4. The van der Waals surface area contributed by atoms with Gasteiger partial charge in [0.1, 0.15) is 5.75 Å². The lowest BCUT2D eigenvalue weighted by Crippen LogP contribution is -2.34. The molecule has 3 N–H and O–H groups in total. The van der Waals surface area contributed by atoms with Crippen LogP contribution >= 0.6 is 0 Å². The van der Waals surface area contributed by atoms with Gasteiger partial charge in [0.25, 0.3) is 0 Å². The summed E-state index contributed by atoms with van der Waals surface area (Å²) in [5.41, 5.74) is 5.64. The Hall–Kier alpha value is -2.08. The molecule has 1 fully saturated rings. The van der Waals surface area contributed by atoms with E-state index in [1.54, 1.807) is 24.3 Å². The van der Waals surface area contributed by atoms with Crippen LogP contribution in [0.15, 0.2) is 24.3 Å². The molecule has 0 atom stereocenters. The minimum Gasteiger partial charge on any atom is -0.494 e. The lowest BCUT2D eigenvalue weighted by Gasteiger charge is -2.18. The average molecular weight is 291 g/mol. The minimum absolute atomic E-state index is 0.0930. The maximum absolute atomic E-state index is 11.4. The van der Waals surface area contributed by atoms with Crippen LogP contribution in [0.2, 0.25) is 0 Å². The summed E-state index contributed by atoms with van der Waals surface area (Å²) in [6, 6.07) is 6.77. The van der Waals surface area contributed by atoms with Crippen LogP contribution < -0.4 is 15.8 Å². The number of benzene rings is 1. The first-order chi connectivity index (χ1) is 10.1. The van der Waals surface area contributed by atoms with Crippen molar-refractivity contribution in [2.45, 2.75) is 12.8 Å². The number of amides is 2. The van der Waals surface area contributed by atoms with E-state index in [4.69, 9.17) is 10.5 Å². The lowest BCUT2D eigenvalue weighted by atomic mass is 10.2. The van der Waals surface area contributed by atoms with E-state index in [1.165, 1.54) is 0 Å². The van der Waals surface area contributed by atoms with E-state index < -0.39 is 5.91 Å². The van der Waals surface area contributed by atoms with Crippen LogP contribution in [0.25, 0.3) is 0 Å². The van der Waals surface area contributed by atoms with Crippen molar-refractivity contribution in [3.8, 4) is 5.75 Å². The summed E-state index contributed by atoms with van der Waals surface area (Å²) in [6.07, 6.45) is 1.84. The average Bonchev–Trinajstić information content (AvgIpc) is 2.68. The molecule has 2 amide bonds. The highest BCUT2D eigenvalue weighted by atomic mass is 16.5. The number of primary amides is 1. The third-order valence-electron chi connectivity index (χ3n) is 3.37. The van der Waals surface area contributed by atoms with E-state index in [0.717, 1.165) is 32.5 Å². The number of carbonyl (C=O) groups excluding carboxylic acids is 2. The number of rotatable bonds is 6. The number of nitrogens with zero attached hydrogens (tertiary/aromatic N) is 1. The number of ether oxygens (including phenoxy) is 1. The number of hydrogen-bond acceptors (Lipinski definition) is 4. The molecule has 1 aromatic carbocycles. The van der Waals surface area contributed by atoms with E-state index >= 15 is 0 Å². The van der Waals surface area contributed by atoms with Crippen LogP contribution in [-0.4, -0.2) is 49.5 Å². The van der Waals surface area contributed by atoms with Crippen LogP contribution in [0.1, 0.15) is 23.2 Å². The van der Waals surface area contributed by atoms with Gasteiger partial charge in [0.05, 0.1) is 13.2 Å². The van der Waals surface area contributed by atoms with Gasteiger partial charge in [-0.05, 0) is 37.1 Å². The zero-order chi connectivity index (χ0) is 15.1. The number of nitrogens with one attached hydrogen (secondary N) is 1. The Balaban J connectivity index is 1.69. The number of carbonyl (C=O) groups is 2. The highest BCUT2D eigenvalue weighted by Crippen LogP contribution is 2.12. The van der Waals surface area contributed by atoms with Crippen molar-refractivity contribution in [3.05, 3.63) is 29.8 Å². The number of nitrogens with two attached hydrogens (primary N) is 1. The molecule has 1 saturated heterocycles. The molecular formula is C15H21N3O3. The molecule has 1 aliphatic rings. The normalized spacial score (nSPS) is 16.1. The summed E-state index contributed by atoms with van der Waals surface area (Å²) in [6.45, 7) is 3.58. The Morgan fingerprint density at radius 2 is 2.10 bits per heavy atom. The second-order valence-corrected chi connectivity index (χ2v) is 5.07. The second-order valence-electron chi connectivity index (χ2n) is 5.07. The third-order valence-corrected chi connectivity index (χ3v) is 3.37. The summed E-state index contributed by atoms with van der Waals surface area (Å²) in [5.74, 6) is 0.366. The molecule has 1 aliphatic heterocycles. The molecule has 0 aromatic heterocycles. The van der Waals surface area contributed by atoms with Crippen LogP contribution in [0, 0.1) is 0 Å². The van der Waals surface area contributed by atoms with Crippen molar-refractivity contribution in [2.75, 3.05) is 32.8 Å². The van der Waals surface area contributed by atoms with Gasteiger partial charge in [-0.2, -0.15) is 0 Å². The molecule has 21 heavy (non-hydrogen) atoms. The molecule has 0 aliphatic carbocycles. The van der Waals surface area contributed by atoms with Gasteiger partial charge in [-0.1, -0.05) is 0 Å². The minimum atomic E-state index is -0.444. The van der Waals surface area contributed by atoms with E-state index in [0.29, 0.717) is 24.5 Å². The molecule has 1 aromatic rings. The summed E-state index contributed by atoms with van der Waals surface area (Å²) >= 11 is 0. The Morgan fingerprint density at radius 3 is 2.81 bits per heavy atom. The molecule has 0 unspecified atom stereocenters. The van der Waals surface area contributed by atoms with Crippen molar-refractivity contribution < 1.29 is 14.3 Å². The van der Waals surface area contributed by atoms with E-state index in [-0.39, 0.29) is 5.91 Å². The lowest BCUT2D eigenvalue weighted by molar-refractivity contribution is -0.121. The van der Waals surface area contributed by atoms with Gasteiger partial charge in [-0.3, -0.25) is 14.5 Å².